The predicted molar refractivity (Wildman–Crippen MR) is 120 cm³/mol. The van der Waals surface area contributed by atoms with Crippen molar-refractivity contribution in [2.75, 3.05) is 51.4 Å². The molecule has 2 aromatic carbocycles. The number of anilines is 1. The summed E-state index contributed by atoms with van der Waals surface area (Å²) in [5.74, 6) is 0.742. The first kappa shape index (κ1) is 20.2. The molecule has 1 N–H and O–H groups in total. The van der Waals surface area contributed by atoms with Gasteiger partial charge in [-0.15, -0.1) is 0 Å². The van der Waals surface area contributed by atoms with Crippen molar-refractivity contribution in [2.45, 2.75) is 6.54 Å². The topological polar surface area (TPSA) is 65.0 Å². The molecular formula is C23H24ClN3O4. The zero-order valence-corrected chi connectivity index (χ0v) is 17.9. The van der Waals surface area contributed by atoms with E-state index < -0.39 is 0 Å². The normalized spacial score (nSPS) is 16.4. The number of carbonyl (C=O) groups excluding carboxylic acids is 1. The van der Waals surface area contributed by atoms with Gasteiger partial charge in [0.2, 0.25) is 0 Å². The van der Waals surface area contributed by atoms with E-state index in [4.69, 9.17) is 25.8 Å². The number of halogens is 1. The second-order valence-electron chi connectivity index (χ2n) is 7.67. The molecule has 2 aliphatic heterocycles. The predicted octanol–water partition coefficient (Wildman–Crippen LogP) is 3.65. The highest BCUT2D eigenvalue weighted by atomic mass is 35.5. The van der Waals surface area contributed by atoms with Gasteiger partial charge in [0, 0.05) is 54.5 Å². The van der Waals surface area contributed by atoms with Crippen LogP contribution in [-0.4, -0.2) is 61.4 Å². The highest BCUT2D eigenvalue weighted by molar-refractivity contribution is 6.32. The maximum atomic E-state index is 12.8. The Bertz CT molecular complexity index is 1110. The Morgan fingerprint density at radius 3 is 2.71 bits per heavy atom. The number of hydrogen-bond donors (Lipinski definition) is 1. The molecule has 7 nitrogen and oxygen atoms in total. The number of nitrogens with one attached hydrogen (secondary N) is 1. The molecule has 0 radical (unpaired) electrons. The SMILES string of the molecule is O=C(Nc1ccc2c(ccn2CCN2CCOCC2)c1)c1cc(Cl)c2c(c1)OCCO2. The van der Waals surface area contributed by atoms with E-state index in [9.17, 15) is 4.79 Å². The van der Waals surface area contributed by atoms with Gasteiger partial charge >= 0.3 is 0 Å². The van der Waals surface area contributed by atoms with Gasteiger partial charge in [-0.3, -0.25) is 9.69 Å². The van der Waals surface area contributed by atoms with Crippen LogP contribution in [0, 0.1) is 0 Å². The number of carbonyl (C=O) groups is 1. The van der Waals surface area contributed by atoms with Gasteiger partial charge in [-0.05, 0) is 36.4 Å². The Kier molecular flexibility index (Phi) is 5.72. The average molecular weight is 442 g/mol. The third kappa shape index (κ3) is 4.35. The summed E-state index contributed by atoms with van der Waals surface area (Å²) in [6.45, 7) is 6.39. The lowest BCUT2D eigenvalue weighted by atomic mass is 10.1. The Hall–Kier alpha value is -2.74. The van der Waals surface area contributed by atoms with E-state index in [2.05, 4.69) is 27.0 Å². The molecule has 3 heterocycles. The minimum Gasteiger partial charge on any atom is -0.486 e. The maximum absolute atomic E-state index is 12.8. The largest absolute Gasteiger partial charge is 0.486 e. The zero-order chi connectivity index (χ0) is 21.2. The Balaban J connectivity index is 1.28. The fourth-order valence-electron chi connectivity index (χ4n) is 3.99. The van der Waals surface area contributed by atoms with Crippen molar-refractivity contribution in [2.24, 2.45) is 0 Å². The van der Waals surface area contributed by atoms with Crippen LogP contribution in [0.4, 0.5) is 5.69 Å². The summed E-state index contributed by atoms with van der Waals surface area (Å²) in [6, 6.07) is 11.3. The van der Waals surface area contributed by atoms with E-state index in [0.717, 1.165) is 56.0 Å². The fraction of sp³-hybridized carbons (Fsp3) is 0.348. The lowest BCUT2D eigenvalue weighted by Crippen LogP contribution is -2.38. The molecule has 0 unspecified atom stereocenters. The van der Waals surface area contributed by atoms with E-state index >= 15 is 0 Å². The third-order valence-electron chi connectivity index (χ3n) is 5.65. The molecule has 0 spiro atoms. The number of amides is 1. The van der Waals surface area contributed by atoms with Crippen LogP contribution in [0.1, 0.15) is 10.4 Å². The molecule has 0 saturated carbocycles. The van der Waals surface area contributed by atoms with Crippen molar-refractivity contribution in [3.05, 3.63) is 53.2 Å². The molecule has 0 bridgehead atoms. The first-order chi connectivity index (χ1) is 15.2. The molecule has 1 amide bonds. The number of ether oxygens (including phenoxy) is 3. The monoisotopic (exact) mass is 441 g/mol. The number of aromatic nitrogens is 1. The van der Waals surface area contributed by atoms with Crippen molar-refractivity contribution in [1.29, 1.82) is 0 Å². The molecule has 1 saturated heterocycles. The van der Waals surface area contributed by atoms with E-state index in [1.54, 1.807) is 12.1 Å². The van der Waals surface area contributed by atoms with Gasteiger partial charge in [0.1, 0.15) is 13.2 Å². The van der Waals surface area contributed by atoms with E-state index in [0.29, 0.717) is 35.3 Å². The molecule has 0 atom stereocenters. The van der Waals surface area contributed by atoms with E-state index in [1.165, 1.54) is 0 Å². The molecule has 31 heavy (non-hydrogen) atoms. The van der Waals surface area contributed by atoms with Gasteiger partial charge in [0.05, 0.1) is 18.2 Å². The van der Waals surface area contributed by atoms with Gasteiger partial charge in [0.25, 0.3) is 5.91 Å². The fourth-order valence-corrected chi connectivity index (χ4v) is 4.26. The molecule has 1 fully saturated rings. The van der Waals surface area contributed by atoms with Gasteiger partial charge in [0.15, 0.2) is 11.5 Å². The van der Waals surface area contributed by atoms with Crippen LogP contribution in [0.25, 0.3) is 10.9 Å². The maximum Gasteiger partial charge on any atom is 0.255 e. The van der Waals surface area contributed by atoms with Crippen molar-refractivity contribution >= 4 is 34.1 Å². The van der Waals surface area contributed by atoms with Crippen LogP contribution in [0.5, 0.6) is 11.5 Å². The molecule has 5 rings (SSSR count). The van der Waals surface area contributed by atoms with Crippen LogP contribution >= 0.6 is 11.6 Å². The first-order valence-electron chi connectivity index (χ1n) is 10.5. The molecule has 1 aromatic heterocycles. The summed E-state index contributed by atoms with van der Waals surface area (Å²) in [6.07, 6.45) is 2.09. The molecule has 0 aliphatic carbocycles. The lowest BCUT2D eigenvalue weighted by molar-refractivity contribution is 0.0365. The number of rotatable bonds is 5. The smallest absolute Gasteiger partial charge is 0.255 e. The standard InChI is InChI=1S/C23H24ClN3O4/c24-19-14-17(15-21-22(19)31-12-11-30-21)23(28)25-18-1-2-20-16(13-18)3-4-27(20)6-5-26-7-9-29-10-8-26/h1-4,13-15H,5-12H2,(H,25,28). The molecule has 8 heteroatoms. The Morgan fingerprint density at radius 1 is 1.00 bits per heavy atom. The summed E-state index contributed by atoms with van der Waals surface area (Å²) in [5, 5.41) is 4.41. The van der Waals surface area contributed by atoms with Crippen molar-refractivity contribution in [1.82, 2.24) is 9.47 Å². The second kappa shape index (κ2) is 8.78. The van der Waals surface area contributed by atoms with E-state index in [-0.39, 0.29) is 5.91 Å². The second-order valence-corrected chi connectivity index (χ2v) is 8.08. The molecule has 2 aliphatic rings. The summed E-state index contributed by atoms with van der Waals surface area (Å²) in [4.78, 5) is 15.2. The number of hydrogen-bond acceptors (Lipinski definition) is 5. The van der Waals surface area contributed by atoms with Gasteiger partial charge in [-0.1, -0.05) is 11.6 Å². The summed E-state index contributed by atoms with van der Waals surface area (Å²) < 4.78 is 18.7. The lowest BCUT2D eigenvalue weighted by Gasteiger charge is -2.26. The minimum atomic E-state index is -0.245. The molecule has 162 valence electrons. The summed E-state index contributed by atoms with van der Waals surface area (Å²) in [7, 11) is 0. The van der Waals surface area contributed by atoms with Crippen LogP contribution < -0.4 is 14.8 Å². The quantitative estimate of drug-likeness (QED) is 0.654. The van der Waals surface area contributed by atoms with Gasteiger partial charge in [-0.25, -0.2) is 0 Å². The Morgan fingerprint density at radius 2 is 1.84 bits per heavy atom. The Labute approximate surface area is 185 Å². The van der Waals surface area contributed by atoms with Crippen molar-refractivity contribution in [3.63, 3.8) is 0 Å². The summed E-state index contributed by atoms with van der Waals surface area (Å²) in [5.41, 5.74) is 2.31. The average Bonchev–Trinajstić information content (AvgIpc) is 3.20. The number of fused-ring (bicyclic) bond motifs is 2. The molecular weight excluding hydrogens is 418 g/mol. The van der Waals surface area contributed by atoms with Gasteiger partial charge in [-0.2, -0.15) is 0 Å². The van der Waals surface area contributed by atoms with Gasteiger partial charge < -0.3 is 24.1 Å². The van der Waals surface area contributed by atoms with Crippen molar-refractivity contribution < 1.29 is 19.0 Å². The number of morpholine rings is 1. The first-order valence-corrected chi connectivity index (χ1v) is 10.8. The van der Waals surface area contributed by atoms with Crippen LogP contribution in [0.15, 0.2) is 42.6 Å². The summed E-state index contributed by atoms with van der Waals surface area (Å²) >= 11 is 6.26. The molecule has 3 aromatic rings. The third-order valence-corrected chi connectivity index (χ3v) is 5.93. The zero-order valence-electron chi connectivity index (χ0n) is 17.1. The highest BCUT2D eigenvalue weighted by Crippen LogP contribution is 2.38. The number of nitrogens with zero attached hydrogens (tertiary/aromatic N) is 2. The number of benzene rings is 2. The highest BCUT2D eigenvalue weighted by Gasteiger charge is 2.19. The van der Waals surface area contributed by atoms with Crippen LogP contribution in [0.3, 0.4) is 0 Å². The van der Waals surface area contributed by atoms with Crippen molar-refractivity contribution in [3.8, 4) is 11.5 Å². The van der Waals surface area contributed by atoms with Crippen LogP contribution in [0.2, 0.25) is 5.02 Å². The van der Waals surface area contributed by atoms with E-state index in [1.807, 2.05) is 18.2 Å². The van der Waals surface area contributed by atoms with Crippen LogP contribution in [-0.2, 0) is 11.3 Å². The minimum absolute atomic E-state index is 0.245.